The Morgan fingerprint density at radius 1 is 1.12 bits per heavy atom. The minimum atomic E-state index is -1.58. The van der Waals surface area contributed by atoms with Gasteiger partial charge in [0.25, 0.3) is 0 Å². The minimum Gasteiger partial charge on any atom is -0.388 e. The maximum atomic E-state index is 11.3. The highest BCUT2D eigenvalue weighted by Crippen LogP contribution is 2.19. The van der Waals surface area contributed by atoms with Crippen LogP contribution < -0.4 is 5.32 Å². The smallest absolute Gasteiger partial charge is 0.226 e. The van der Waals surface area contributed by atoms with E-state index in [2.05, 4.69) is 5.32 Å². The maximum Gasteiger partial charge on any atom is 0.226 e. The predicted octanol–water partition coefficient (Wildman–Crippen LogP) is -2.48. The summed E-state index contributed by atoms with van der Waals surface area (Å²) in [5.41, 5.74) is 0. The summed E-state index contributed by atoms with van der Waals surface area (Å²) >= 11 is 0. The van der Waals surface area contributed by atoms with Crippen LogP contribution in [0, 0.1) is 5.92 Å². The van der Waals surface area contributed by atoms with Crippen molar-refractivity contribution in [2.45, 2.75) is 44.6 Å². The van der Waals surface area contributed by atoms with Gasteiger partial charge in [0.1, 0.15) is 24.4 Å². The normalized spacial score (nSPS) is 38.2. The van der Waals surface area contributed by atoms with Crippen LogP contribution in [0.15, 0.2) is 0 Å². The molecule has 1 fully saturated rings. The lowest BCUT2D eigenvalue weighted by atomic mass is 9.99. The molecule has 7 nitrogen and oxygen atoms in total. The second kappa shape index (κ2) is 5.74. The summed E-state index contributed by atoms with van der Waals surface area (Å²) in [7, 11) is 0. The second-order valence-corrected chi connectivity index (χ2v) is 4.25. The van der Waals surface area contributed by atoms with Crippen LogP contribution in [0.25, 0.3) is 0 Å². The highest BCUT2D eigenvalue weighted by molar-refractivity contribution is 5.88. The molecule has 0 saturated carbocycles. The van der Waals surface area contributed by atoms with Crippen molar-refractivity contribution in [2.75, 3.05) is 6.54 Å². The fourth-order valence-electron chi connectivity index (χ4n) is 1.47. The fourth-order valence-corrected chi connectivity index (χ4v) is 1.47. The molecule has 99 valence electrons. The molecule has 0 spiro atoms. The minimum absolute atomic E-state index is 0.0635. The molecule has 0 bridgehead atoms. The van der Waals surface area contributed by atoms with Gasteiger partial charge in [-0.2, -0.15) is 0 Å². The van der Waals surface area contributed by atoms with Crippen molar-refractivity contribution in [3.05, 3.63) is 5.92 Å². The van der Waals surface area contributed by atoms with Gasteiger partial charge in [0.15, 0.2) is 6.29 Å². The summed E-state index contributed by atoms with van der Waals surface area (Å²) < 4.78 is 4.88. The lowest BCUT2D eigenvalue weighted by molar-refractivity contribution is -0.280. The Hall–Kier alpha value is -0.730. The second-order valence-electron chi connectivity index (χ2n) is 4.25. The molecule has 17 heavy (non-hydrogen) atoms. The number of carbonyl (C=O) groups is 1. The first-order valence-electron chi connectivity index (χ1n) is 5.30. The van der Waals surface area contributed by atoms with E-state index in [0.29, 0.717) is 5.92 Å². The van der Waals surface area contributed by atoms with Crippen LogP contribution in [-0.2, 0) is 9.53 Å². The first-order chi connectivity index (χ1) is 7.84. The van der Waals surface area contributed by atoms with Crippen molar-refractivity contribution < 1.29 is 30.0 Å². The lowest BCUT2D eigenvalue weighted by Gasteiger charge is -2.38. The Morgan fingerprint density at radius 2 is 1.71 bits per heavy atom. The van der Waals surface area contributed by atoms with Gasteiger partial charge >= 0.3 is 0 Å². The molecule has 7 heteroatoms. The van der Waals surface area contributed by atoms with Crippen molar-refractivity contribution in [3.63, 3.8) is 0 Å². The van der Waals surface area contributed by atoms with Crippen LogP contribution in [0.1, 0.15) is 13.8 Å². The Morgan fingerprint density at radius 3 is 2.24 bits per heavy atom. The van der Waals surface area contributed by atoms with E-state index >= 15 is 0 Å². The van der Waals surface area contributed by atoms with Gasteiger partial charge in [0.05, 0.1) is 5.92 Å². The topological polar surface area (TPSA) is 119 Å². The molecule has 0 aromatic heterocycles. The Bertz CT molecular complexity index is 272. The summed E-state index contributed by atoms with van der Waals surface area (Å²) in [5.74, 6) is 0.229. The summed E-state index contributed by atoms with van der Waals surface area (Å²) in [4.78, 5) is 11.3. The van der Waals surface area contributed by atoms with Crippen LogP contribution in [0.2, 0.25) is 0 Å². The molecule has 0 aromatic carbocycles. The van der Waals surface area contributed by atoms with E-state index in [0.717, 1.165) is 0 Å². The molecule has 1 aliphatic rings. The largest absolute Gasteiger partial charge is 0.388 e. The van der Waals surface area contributed by atoms with Crippen LogP contribution in [-0.4, -0.2) is 63.6 Å². The Labute approximate surface area is 99.0 Å². The van der Waals surface area contributed by atoms with Gasteiger partial charge in [-0.1, -0.05) is 13.8 Å². The number of ether oxygens (including phenoxy) is 1. The van der Waals surface area contributed by atoms with E-state index < -0.39 is 30.7 Å². The van der Waals surface area contributed by atoms with Crippen LogP contribution in [0.4, 0.5) is 0 Å². The number of nitrogens with one attached hydrogen (secondary N) is 1. The third kappa shape index (κ3) is 3.36. The van der Waals surface area contributed by atoms with Gasteiger partial charge in [0, 0.05) is 6.54 Å². The number of carbonyl (C=O) groups excluding carboxylic acids is 1. The number of hydrogen-bond acceptors (Lipinski definition) is 6. The molecule has 1 aliphatic heterocycles. The van der Waals surface area contributed by atoms with Crippen LogP contribution >= 0.6 is 0 Å². The van der Waals surface area contributed by atoms with Crippen molar-refractivity contribution >= 4 is 5.91 Å². The molecular weight excluding hydrogens is 230 g/mol. The predicted molar refractivity (Wildman–Crippen MR) is 56.5 cm³/mol. The molecule has 1 amide bonds. The van der Waals surface area contributed by atoms with Crippen molar-refractivity contribution in [2.24, 2.45) is 0 Å². The summed E-state index contributed by atoms with van der Waals surface area (Å²) in [6.07, 6.45) is -6.98. The molecule has 1 saturated heterocycles. The third-order valence-electron chi connectivity index (χ3n) is 2.61. The van der Waals surface area contributed by atoms with E-state index in [4.69, 9.17) is 4.74 Å². The molecule has 1 radical (unpaired) electrons. The fraction of sp³-hybridized carbons (Fsp3) is 0.800. The van der Waals surface area contributed by atoms with Crippen LogP contribution in [0.5, 0.6) is 0 Å². The number of aliphatic hydroxyl groups is 4. The van der Waals surface area contributed by atoms with Crippen molar-refractivity contribution in [1.82, 2.24) is 5.32 Å². The monoisotopic (exact) mass is 248 g/mol. The molecule has 5 unspecified atom stereocenters. The van der Waals surface area contributed by atoms with Gasteiger partial charge in [-0.05, 0) is 0 Å². The standard InChI is InChI=1S/C10H18NO6/c1-4(2)9(15)11-3-5-6(12)7(13)8(14)10(16)17-5/h5-8,10,12-14,16H,3H2,1-2H3,(H,11,15). The Kier molecular flexibility index (Phi) is 4.84. The Balaban J connectivity index is 2.51. The summed E-state index contributed by atoms with van der Waals surface area (Å²) in [6, 6.07) is 0. The van der Waals surface area contributed by atoms with E-state index in [1.54, 1.807) is 13.8 Å². The van der Waals surface area contributed by atoms with E-state index in [1.165, 1.54) is 0 Å². The third-order valence-corrected chi connectivity index (χ3v) is 2.61. The molecule has 1 heterocycles. The quantitative estimate of drug-likeness (QED) is 0.377. The van der Waals surface area contributed by atoms with Gasteiger partial charge in [-0.25, -0.2) is 0 Å². The molecule has 5 atom stereocenters. The highest BCUT2D eigenvalue weighted by atomic mass is 16.6. The van der Waals surface area contributed by atoms with Gasteiger partial charge < -0.3 is 30.5 Å². The highest BCUT2D eigenvalue weighted by Gasteiger charge is 2.42. The van der Waals surface area contributed by atoms with Gasteiger partial charge in [-0.15, -0.1) is 0 Å². The average molecular weight is 248 g/mol. The van der Waals surface area contributed by atoms with Crippen molar-refractivity contribution in [1.29, 1.82) is 0 Å². The number of aliphatic hydroxyl groups excluding tert-OH is 4. The zero-order valence-electron chi connectivity index (χ0n) is 9.70. The van der Waals surface area contributed by atoms with E-state index in [9.17, 15) is 25.2 Å². The van der Waals surface area contributed by atoms with Crippen molar-refractivity contribution in [3.8, 4) is 0 Å². The maximum absolute atomic E-state index is 11.3. The molecule has 1 rings (SSSR count). The summed E-state index contributed by atoms with van der Waals surface area (Å²) in [6.45, 7) is 3.19. The van der Waals surface area contributed by atoms with Gasteiger partial charge in [0.2, 0.25) is 5.91 Å². The molecule has 5 N–H and O–H groups in total. The van der Waals surface area contributed by atoms with Crippen LogP contribution in [0.3, 0.4) is 0 Å². The summed E-state index contributed by atoms with van der Waals surface area (Å²) in [5, 5.41) is 39.9. The SMILES string of the molecule is C[C](C)C(=O)NCC1OC(O)C(O)C(O)C1O. The molecule has 0 aromatic rings. The van der Waals surface area contributed by atoms with E-state index in [-0.39, 0.29) is 12.5 Å². The lowest BCUT2D eigenvalue weighted by Crippen LogP contribution is -2.60. The first kappa shape index (κ1) is 14.3. The number of hydrogen-bond donors (Lipinski definition) is 5. The first-order valence-corrected chi connectivity index (χ1v) is 5.30. The zero-order valence-corrected chi connectivity index (χ0v) is 9.70. The van der Waals surface area contributed by atoms with Gasteiger partial charge in [-0.3, -0.25) is 4.79 Å². The average Bonchev–Trinajstić information content (AvgIpc) is 2.28. The molecule has 0 aliphatic carbocycles. The number of rotatable bonds is 3. The number of amides is 1. The molecular formula is C10H18NO6. The zero-order chi connectivity index (χ0) is 13.2. The van der Waals surface area contributed by atoms with E-state index in [1.807, 2.05) is 0 Å².